The Morgan fingerprint density at radius 2 is 2.08 bits per heavy atom. The molecule has 2 rings (SSSR count). The first-order valence-corrected chi connectivity index (χ1v) is 4.80. The summed E-state index contributed by atoms with van der Waals surface area (Å²) in [6, 6.07) is 0. The van der Waals surface area contributed by atoms with Gasteiger partial charge >= 0.3 is 0 Å². The molecular weight excluding hydrogens is 158 g/mol. The van der Waals surface area contributed by atoms with E-state index in [1.165, 1.54) is 11.3 Å². The molecule has 1 nitrogen and oxygen atoms in total. The molecule has 68 valence electrons. The number of aliphatic imine (C=N–C) groups is 1. The summed E-state index contributed by atoms with van der Waals surface area (Å²) in [4.78, 5) is 4.56. The Labute approximate surface area is 79.6 Å². The highest BCUT2D eigenvalue weighted by molar-refractivity contribution is 5.94. The van der Waals surface area contributed by atoms with Gasteiger partial charge in [-0.3, -0.25) is 4.99 Å². The molecule has 1 heterocycles. The van der Waals surface area contributed by atoms with Crippen molar-refractivity contribution in [1.29, 1.82) is 0 Å². The third kappa shape index (κ3) is 1.51. The third-order valence-corrected chi connectivity index (χ3v) is 2.66. The van der Waals surface area contributed by atoms with Gasteiger partial charge in [0.2, 0.25) is 0 Å². The molecule has 0 radical (unpaired) electrons. The third-order valence-electron chi connectivity index (χ3n) is 2.66. The summed E-state index contributed by atoms with van der Waals surface area (Å²) in [5.41, 5.74) is 3.68. The van der Waals surface area contributed by atoms with Gasteiger partial charge in [-0.05, 0) is 31.9 Å². The van der Waals surface area contributed by atoms with Crippen molar-refractivity contribution in [2.45, 2.75) is 20.8 Å². The Morgan fingerprint density at radius 1 is 1.31 bits per heavy atom. The molecule has 0 N–H and O–H groups in total. The smallest absolute Gasteiger partial charge is 0.0483 e. The standard InChI is InChI=1S/C12H15N/c1-8-6-9(2)11-5-4-10(3)13-12(11)7-8/h4-7,9,11H,1-3H3. The van der Waals surface area contributed by atoms with Gasteiger partial charge in [-0.2, -0.15) is 0 Å². The Bertz CT molecular complexity index is 342. The van der Waals surface area contributed by atoms with Crippen LogP contribution in [0.15, 0.2) is 40.6 Å². The topological polar surface area (TPSA) is 12.4 Å². The largest absolute Gasteiger partial charge is 0.258 e. The van der Waals surface area contributed by atoms with E-state index in [1.807, 2.05) is 6.92 Å². The van der Waals surface area contributed by atoms with Crippen LogP contribution in [0.25, 0.3) is 0 Å². The van der Waals surface area contributed by atoms with Gasteiger partial charge in [-0.15, -0.1) is 0 Å². The lowest BCUT2D eigenvalue weighted by atomic mass is 9.83. The zero-order chi connectivity index (χ0) is 9.42. The number of dihydropyridines is 1. The van der Waals surface area contributed by atoms with Crippen LogP contribution in [0.1, 0.15) is 20.8 Å². The van der Waals surface area contributed by atoms with E-state index in [4.69, 9.17) is 0 Å². The van der Waals surface area contributed by atoms with Gasteiger partial charge in [0, 0.05) is 17.3 Å². The molecule has 0 aromatic rings. The van der Waals surface area contributed by atoms with E-state index in [0.29, 0.717) is 11.8 Å². The van der Waals surface area contributed by atoms with Gasteiger partial charge in [-0.25, -0.2) is 0 Å². The van der Waals surface area contributed by atoms with Crippen molar-refractivity contribution in [2.75, 3.05) is 0 Å². The van der Waals surface area contributed by atoms with Crippen LogP contribution in [-0.4, -0.2) is 5.71 Å². The van der Waals surface area contributed by atoms with Crippen LogP contribution in [0.3, 0.4) is 0 Å². The second-order valence-electron chi connectivity index (χ2n) is 3.98. The summed E-state index contributed by atoms with van der Waals surface area (Å²) in [6.07, 6.45) is 8.89. The molecule has 2 aliphatic rings. The molecule has 2 unspecified atom stereocenters. The maximum absolute atomic E-state index is 4.56. The van der Waals surface area contributed by atoms with Gasteiger partial charge in [0.05, 0.1) is 0 Å². The molecule has 2 atom stereocenters. The fraction of sp³-hybridized carbons (Fsp3) is 0.417. The summed E-state index contributed by atoms with van der Waals surface area (Å²) in [5.74, 6) is 1.10. The quantitative estimate of drug-likeness (QED) is 0.533. The number of allylic oxidation sites excluding steroid dienone is 5. The Kier molecular flexibility index (Phi) is 1.95. The number of rotatable bonds is 0. The van der Waals surface area contributed by atoms with Crippen molar-refractivity contribution in [3.8, 4) is 0 Å². The first-order chi connectivity index (χ1) is 6.16. The zero-order valence-electron chi connectivity index (χ0n) is 8.41. The minimum absolute atomic E-state index is 0.507. The van der Waals surface area contributed by atoms with E-state index in [2.05, 4.69) is 43.1 Å². The normalized spacial score (nSPS) is 31.8. The predicted octanol–water partition coefficient (Wildman–Crippen LogP) is 3.11. The molecule has 13 heavy (non-hydrogen) atoms. The van der Waals surface area contributed by atoms with Crippen molar-refractivity contribution in [3.63, 3.8) is 0 Å². The minimum atomic E-state index is 0.507. The van der Waals surface area contributed by atoms with Crippen molar-refractivity contribution in [1.82, 2.24) is 0 Å². The fourth-order valence-corrected chi connectivity index (χ4v) is 2.03. The number of hydrogen-bond acceptors (Lipinski definition) is 1. The first-order valence-electron chi connectivity index (χ1n) is 4.80. The van der Waals surface area contributed by atoms with Gasteiger partial charge in [0.1, 0.15) is 0 Å². The highest BCUT2D eigenvalue weighted by Crippen LogP contribution is 2.32. The summed E-state index contributed by atoms with van der Waals surface area (Å²) in [6.45, 7) is 6.44. The van der Waals surface area contributed by atoms with Crippen LogP contribution < -0.4 is 0 Å². The van der Waals surface area contributed by atoms with Gasteiger partial charge in [-0.1, -0.05) is 24.6 Å². The fourth-order valence-electron chi connectivity index (χ4n) is 2.03. The lowest BCUT2D eigenvalue weighted by Gasteiger charge is -2.26. The highest BCUT2D eigenvalue weighted by Gasteiger charge is 2.22. The summed E-state index contributed by atoms with van der Waals surface area (Å²) in [5, 5.41) is 0. The second kappa shape index (κ2) is 2.99. The minimum Gasteiger partial charge on any atom is -0.258 e. The molecule has 0 saturated heterocycles. The average molecular weight is 173 g/mol. The summed E-state index contributed by atoms with van der Waals surface area (Å²) >= 11 is 0. The van der Waals surface area contributed by atoms with Crippen LogP contribution in [0.2, 0.25) is 0 Å². The van der Waals surface area contributed by atoms with Crippen LogP contribution in [0, 0.1) is 11.8 Å². The lowest BCUT2D eigenvalue weighted by molar-refractivity contribution is 0.563. The zero-order valence-corrected chi connectivity index (χ0v) is 8.41. The number of fused-ring (bicyclic) bond motifs is 1. The molecular formula is C12H15N. The van der Waals surface area contributed by atoms with Crippen LogP contribution in [-0.2, 0) is 0 Å². The van der Waals surface area contributed by atoms with Gasteiger partial charge < -0.3 is 0 Å². The van der Waals surface area contributed by atoms with E-state index in [-0.39, 0.29) is 0 Å². The van der Waals surface area contributed by atoms with Crippen LogP contribution in [0.4, 0.5) is 0 Å². The molecule has 0 bridgehead atoms. The molecule has 0 aromatic carbocycles. The number of hydrogen-bond donors (Lipinski definition) is 0. The number of nitrogens with zero attached hydrogens (tertiary/aromatic N) is 1. The SMILES string of the molecule is CC1=CC(C)C2C=CC(C)=NC2=C1. The Hall–Kier alpha value is -1.11. The van der Waals surface area contributed by atoms with Gasteiger partial charge in [0.15, 0.2) is 0 Å². The Balaban J connectivity index is 2.40. The van der Waals surface area contributed by atoms with E-state index in [0.717, 1.165) is 5.71 Å². The van der Waals surface area contributed by atoms with Gasteiger partial charge in [0.25, 0.3) is 0 Å². The maximum Gasteiger partial charge on any atom is 0.0483 e. The monoisotopic (exact) mass is 173 g/mol. The molecule has 0 spiro atoms. The molecule has 0 fully saturated rings. The highest BCUT2D eigenvalue weighted by atomic mass is 14.8. The molecule has 0 amide bonds. The lowest BCUT2D eigenvalue weighted by Crippen LogP contribution is -2.16. The van der Waals surface area contributed by atoms with E-state index < -0.39 is 0 Å². The molecule has 0 saturated carbocycles. The van der Waals surface area contributed by atoms with E-state index in [9.17, 15) is 0 Å². The van der Waals surface area contributed by atoms with Crippen molar-refractivity contribution in [3.05, 3.63) is 35.6 Å². The van der Waals surface area contributed by atoms with Crippen LogP contribution in [0.5, 0.6) is 0 Å². The molecule has 1 aliphatic carbocycles. The van der Waals surface area contributed by atoms with Crippen LogP contribution >= 0.6 is 0 Å². The predicted molar refractivity (Wildman–Crippen MR) is 56.7 cm³/mol. The van der Waals surface area contributed by atoms with Crippen molar-refractivity contribution >= 4 is 5.71 Å². The second-order valence-corrected chi connectivity index (χ2v) is 3.98. The molecule has 1 heteroatoms. The summed E-state index contributed by atoms with van der Waals surface area (Å²) in [7, 11) is 0. The first kappa shape index (κ1) is 8.49. The van der Waals surface area contributed by atoms with E-state index in [1.54, 1.807) is 0 Å². The summed E-state index contributed by atoms with van der Waals surface area (Å²) < 4.78 is 0. The Morgan fingerprint density at radius 3 is 2.85 bits per heavy atom. The molecule has 0 aromatic heterocycles. The maximum atomic E-state index is 4.56. The average Bonchev–Trinajstić information content (AvgIpc) is 2.02. The molecule has 1 aliphatic heterocycles. The van der Waals surface area contributed by atoms with Crippen molar-refractivity contribution in [2.24, 2.45) is 16.8 Å². The van der Waals surface area contributed by atoms with Crippen molar-refractivity contribution < 1.29 is 0 Å². The van der Waals surface area contributed by atoms with E-state index >= 15 is 0 Å².